The molecule has 4 nitrogen and oxygen atoms in total. The number of nitrogens with zero attached hydrogens (tertiary/aromatic N) is 1. The average molecular weight is 213 g/mol. The summed E-state index contributed by atoms with van der Waals surface area (Å²) in [5, 5.41) is 3.52. The van der Waals surface area contributed by atoms with Gasteiger partial charge in [0.2, 0.25) is 5.91 Å². The number of carbonyl (C=O) groups is 1. The molecule has 0 aliphatic carbocycles. The molecule has 1 amide bonds. The molecule has 2 unspecified atom stereocenters. The molecule has 4 heteroatoms. The molecule has 1 heterocycles. The molecule has 1 rings (SSSR count). The molecule has 2 atom stereocenters. The fraction of sp³-hybridized carbons (Fsp3) is 0.909. The van der Waals surface area contributed by atoms with Gasteiger partial charge in [-0.25, -0.2) is 0 Å². The highest BCUT2D eigenvalue weighted by molar-refractivity contribution is 5.75. The number of hydrogen-bond donors (Lipinski definition) is 2. The van der Waals surface area contributed by atoms with E-state index in [1.807, 2.05) is 0 Å². The van der Waals surface area contributed by atoms with E-state index >= 15 is 0 Å². The van der Waals surface area contributed by atoms with E-state index in [4.69, 9.17) is 5.73 Å². The number of piperidine rings is 1. The Morgan fingerprint density at radius 3 is 2.80 bits per heavy atom. The monoisotopic (exact) mass is 213 g/mol. The molecular weight excluding hydrogens is 190 g/mol. The van der Waals surface area contributed by atoms with Gasteiger partial charge in [-0.15, -0.1) is 0 Å². The molecule has 0 spiro atoms. The summed E-state index contributed by atoms with van der Waals surface area (Å²) < 4.78 is 0. The first-order valence-electron chi connectivity index (χ1n) is 5.91. The van der Waals surface area contributed by atoms with Crippen LogP contribution in [-0.2, 0) is 4.79 Å². The topological polar surface area (TPSA) is 58.4 Å². The van der Waals surface area contributed by atoms with Crippen molar-refractivity contribution in [2.75, 3.05) is 26.2 Å². The van der Waals surface area contributed by atoms with Gasteiger partial charge >= 0.3 is 0 Å². The third-order valence-corrected chi connectivity index (χ3v) is 3.19. The molecule has 1 aliphatic rings. The number of rotatable bonds is 5. The van der Waals surface area contributed by atoms with E-state index in [-0.39, 0.29) is 5.91 Å². The van der Waals surface area contributed by atoms with E-state index in [0.29, 0.717) is 18.5 Å². The summed E-state index contributed by atoms with van der Waals surface area (Å²) in [5.74, 6) is 0.435. The van der Waals surface area contributed by atoms with Crippen molar-refractivity contribution in [1.82, 2.24) is 10.2 Å². The van der Waals surface area contributed by atoms with Crippen molar-refractivity contribution in [3.05, 3.63) is 0 Å². The normalized spacial score (nSPS) is 27.9. The van der Waals surface area contributed by atoms with Crippen LogP contribution in [0, 0.1) is 5.92 Å². The summed E-state index contributed by atoms with van der Waals surface area (Å²) in [6, 6.07) is 0.615. The van der Waals surface area contributed by atoms with Gasteiger partial charge in [-0.3, -0.25) is 9.69 Å². The van der Waals surface area contributed by atoms with E-state index in [2.05, 4.69) is 24.1 Å². The number of amides is 1. The fourth-order valence-electron chi connectivity index (χ4n) is 2.42. The average Bonchev–Trinajstić information content (AvgIpc) is 2.20. The highest BCUT2D eigenvalue weighted by atomic mass is 16.1. The first kappa shape index (κ1) is 12.5. The Kier molecular flexibility index (Phi) is 5.05. The lowest BCUT2D eigenvalue weighted by Crippen LogP contribution is -2.50. The molecule has 15 heavy (non-hydrogen) atoms. The summed E-state index contributed by atoms with van der Waals surface area (Å²) in [6.45, 7) is 7.77. The highest BCUT2D eigenvalue weighted by Gasteiger charge is 2.27. The van der Waals surface area contributed by atoms with Crippen LogP contribution >= 0.6 is 0 Å². The van der Waals surface area contributed by atoms with Crippen LogP contribution in [0.3, 0.4) is 0 Å². The maximum atomic E-state index is 10.8. The Labute approximate surface area is 92.2 Å². The quantitative estimate of drug-likeness (QED) is 0.685. The summed E-state index contributed by atoms with van der Waals surface area (Å²) in [4.78, 5) is 13.0. The Morgan fingerprint density at radius 2 is 2.27 bits per heavy atom. The van der Waals surface area contributed by atoms with E-state index in [1.165, 1.54) is 0 Å². The van der Waals surface area contributed by atoms with E-state index in [9.17, 15) is 4.79 Å². The number of primary amides is 1. The van der Waals surface area contributed by atoms with Crippen LogP contribution in [0.2, 0.25) is 0 Å². The second kappa shape index (κ2) is 6.08. The largest absolute Gasteiger partial charge is 0.369 e. The van der Waals surface area contributed by atoms with Gasteiger partial charge in [0.25, 0.3) is 0 Å². The molecule has 0 aromatic heterocycles. The Bertz CT molecular complexity index is 208. The van der Waals surface area contributed by atoms with Gasteiger partial charge in [0, 0.05) is 19.1 Å². The number of carbonyl (C=O) groups excluding carboxylic acids is 1. The fourth-order valence-corrected chi connectivity index (χ4v) is 2.42. The molecule has 1 saturated heterocycles. The first-order chi connectivity index (χ1) is 7.17. The maximum absolute atomic E-state index is 10.8. The van der Waals surface area contributed by atoms with Crippen LogP contribution in [-0.4, -0.2) is 43.0 Å². The predicted molar refractivity (Wildman–Crippen MR) is 61.5 cm³/mol. The molecule has 0 aromatic rings. The van der Waals surface area contributed by atoms with Gasteiger partial charge in [0.15, 0.2) is 0 Å². The smallest absolute Gasteiger partial charge is 0.231 e. The van der Waals surface area contributed by atoms with Gasteiger partial charge < -0.3 is 11.1 Å². The second-order valence-electron chi connectivity index (χ2n) is 4.32. The zero-order valence-corrected chi connectivity index (χ0v) is 9.83. The zero-order valence-electron chi connectivity index (χ0n) is 9.83. The molecular formula is C11H23N3O. The lowest BCUT2D eigenvalue weighted by atomic mass is 9.90. The van der Waals surface area contributed by atoms with Gasteiger partial charge in [-0.1, -0.05) is 20.3 Å². The minimum Gasteiger partial charge on any atom is -0.369 e. The lowest BCUT2D eigenvalue weighted by molar-refractivity contribution is -0.119. The van der Waals surface area contributed by atoms with E-state index < -0.39 is 0 Å². The van der Waals surface area contributed by atoms with Crippen LogP contribution in [0.5, 0.6) is 0 Å². The predicted octanol–water partition coefficient (Wildman–Crippen LogP) is 0.182. The molecule has 0 aromatic carbocycles. The van der Waals surface area contributed by atoms with Crippen molar-refractivity contribution >= 4 is 5.91 Å². The maximum Gasteiger partial charge on any atom is 0.231 e. The molecule has 0 saturated carbocycles. The van der Waals surface area contributed by atoms with Crippen molar-refractivity contribution in [2.24, 2.45) is 11.7 Å². The number of nitrogens with two attached hydrogens (primary N) is 1. The summed E-state index contributed by atoms with van der Waals surface area (Å²) in [5.41, 5.74) is 5.21. The van der Waals surface area contributed by atoms with Crippen molar-refractivity contribution < 1.29 is 4.79 Å². The summed E-state index contributed by atoms with van der Waals surface area (Å²) in [6.07, 6.45) is 2.28. The molecule has 1 fully saturated rings. The Morgan fingerprint density at radius 1 is 1.53 bits per heavy atom. The minimum absolute atomic E-state index is 0.216. The van der Waals surface area contributed by atoms with E-state index in [0.717, 1.165) is 32.5 Å². The Hall–Kier alpha value is -0.610. The van der Waals surface area contributed by atoms with Crippen LogP contribution in [0.4, 0.5) is 0 Å². The molecule has 1 aliphatic heterocycles. The van der Waals surface area contributed by atoms with Crippen LogP contribution in [0.25, 0.3) is 0 Å². The van der Waals surface area contributed by atoms with Crippen molar-refractivity contribution in [2.45, 2.75) is 32.7 Å². The molecule has 0 bridgehead atoms. The SMILES string of the molecule is CCNC1CCN(CC(N)=O)CC1CC. The Balaban J connectivity index is 2.43. The highest BCUT2D eigenvalue weighted by Crippen LogP contribution is 2.19. The van der Waals surface area contributed by atoms with Gasteiger partial charge in [-0.05, 0) is 18.9 Å². The van der Waals surface area contributed by atoms with Gasteiger partial charge in [0.1, 0.15) is 0 Å². The molecule has 0 radical (unpaired) electrons. The summed E-state index contributed by atoms with van der Waals surface area (Å²) >= 11 is 0. The number of likely N-dealkylation sites (tertiary alicyclic amines) is 1. The lowest BCUT2D eigenvalue weighted by Gasteiger charge is -2.38. The zero-order chi connectivity index (χ0) is 11.3. The third kappa shape index (κ3) is 3.80. The molecule has 3 N–H and O–H groups in total. The number of nitrogens with one attached hydrogen (secondary N) is 1. The molecule has 88 valence electrons. The standard InChI is InChI=1S/C11H23N3O/c1-3-9-7-14(8-11(12)15)6-5-10(9)13-4-2/h9-10,13H,3-8H2,1-2H3,(H2,12,15). The van der Waals surface area contributed by atoms with Crippen LogP contribution < -0.4 is 11.1 Å². The first-order valence-corrected chi connectivity index (χ1v) is 5.91. The van der Waals surface area contributed by atoms with Gasteiger partial charge in [0.05, 0.1) is 6.54 Å². The van der Waals surface area contributed by atoms with Crippen LogP contribution in [0.1, 0.15) is 26.7 Å². The van der Waals surface area contributed by atoms with Crippen molar-refractivity contribution in [3.63, 3.8) is 0 Å². The number of hydrogen-bond acceptors (Lipinski definition) is 3. The summed E-state index contributed by atoms with van der Waals surface area (Å²) in [7, 11) is 0. The third-order valence-electron chi connectivity index (χ3n) is 3.19. The van der Waals surface area contributed by atoms with E-state index in [1.54, 1.807) is 0 Å². The van der Waals surface area contributed by atoms with Crippen molar-refractivity contribution in [1.29, 1.82) is 0 Å². The van der Waals surface area contributed by atoms with Crippen molar-refractivity contribution in [3.8, 4) is 0 Å². The van der Waals surface area contributed by atoms with Gasteiger partial charge in [-0.2, -0.15) is 0 Å². The van der Waals surface area contributed by atoms with Crippen LogP contribution in [0.15, 0.2) is 0 Å². The second-order valence-corrected chi connectivity index (χ2v) is 4.32. The minimum atomic E-state index is -0.216.